The third kappa shape index (κ3) is 4.21. The summed E-state index contributed by atoms with van der Waals surface area (Å²) in [5.74, 6) is -0.792. The van der Waals surface area contributed by atoms with Crippen LogP contribution >= 0.6 is 11.6 Å². The molecular formula is C11H13ClO3. The molecule has 0 fully saturated rings. The van der Waals surface area contributed by atoms with Crippen LogP contribution in [-0.2, 0) is 4.79 Å². The van der Waals surface area contributed by atoms with Crippen LogP contribution in [0.2, 0.25) is 5.02 Å². The minimum absolute atomic E-state index is 0.0264. The number of carbonyl (C=O) groups is 1. The molecule has 0 aliphatic rings. The Morgan fingerprint density at radius 3 is 3.07 bits per heavy atom. The average Bonchev–Trinajstić information content (AvgIpc) is 2.32. The third-order valence-corrected chi connectivity index (χ3v) is 1.89. The second kappa shape index (κ2) is 5.61. The first kappa shape index (κ1) is 7.99. The standard InChI is InChI=1S/C11H13ClO3/c1-8-7-9(12)4-5-10(8)15-6-2-3-11(13)14/h4-5,7H,2-3,6H2,1H3,(H,13,14)/i4D,5D,7D. The fourth-order valence-electron chi connectivity index (χ4n) is 1.000. The van der Waals surface area contributed by atoms with Crippen molar-refractivity contribution in [3.63, 3.8) is 0 Å². The molecule has 1 aromatic rings. The molecule has 82 valence electrons. The lowest BCUT2D eigenvalue weighted by Crippen LogP contribution is -2.02. The zero-order chi connectivity index (χ0) is 13.9. The van der Waals surface area contributed by atoms with E-state index in [2.05, 4.69) is 0 Å². The molecule has 0 aliphatic carbocycles. The molecule has 4 heteroatoms. The molecule has 0 atom stereocenters. The van der Waals surface area contributed by atoms with Crippen LogP contribution in [0, 0.1) is 6.92 Å². The summed E-state index contributed by atoms with van der Waals surface area (Å²) in [6.07, 6.45) is 0.277. The Hall–Kier alpha value is -1.22. The number of carboxylic acids is 1. The van der Waals surface area contributed by atoms with E-state index in [9.17, 15) is 4.79 Å². The van der Waals surface area contributed by atoms with Crippen LogP contribution in [-0.4, -0.2) is 17.7 Å². The van der Waals surface area contributed by atoms with Crippen molar-refractivity contribution < 1.29 is 18.8 Å². The first-order chi connectivity index (χ1) is 8.36. The lowest BCUT2D eigenvalue weighted by Gasteiger charge is -2.08. The van der Waals surface area contributed by atoms with Gasteiger partial charge in [0.15, 0.2) is 0 Å². The van der Waals surface area contributed by atoms with Gasteiger partial charge in [-0.1, -0.05) is 11.6 Å². The van der Waals surface area contributed by atoms with Crippen molar-refractivity contribution in [2.75, 3.05) is 6.61 Å². The van der Waals surface area contributed by atoms with Gasteiger partial charge in [0, 0.05) is 11.4 Å². The van der Waals surface area contributed by atoms with Crippen LogP contribution in [0.1, 0.15) is 22.5 Å². The summed E-state index contributed by atoms with van der Waals surface area (Å²) in [5, 5.41) is 8.40. The number of rotatable bonds is 5. The Morgan fingerprint density at radius 2 is 2.40 bits per heavy atom. The normalized spacial score (nSPS) is 12.8. The summed E-state index contributed by atoms with van der Waals surface area (Å²) in [5.41, 5.74) is 0.385. The van der Waals surface area contributed by atoms with Gasteiger partial charge in [0.2, 0.25) is 0 Å². The van der Waals surface area contributed by atoms with E-state index in [4.69, 9.17) is 25.6 Å². The fraction of sp³-hybridized carbons (Fsp3) is 0.364. The van der Waals surface area contributed by atoms with Gasteiger partial charge >= 0.3 is 5.97 Å². The molecule has 0 radical (unpaired) electrons. The Balaban J connectivity index is 2.86. The number of hydrogen-bond donors (Lipinski definition) is 1. The summed E-state index contributed by atoms with van der Waals surface area (Å²) in [4.78, 5) is 10.3. The van der Waals surface area contributed by atoms with Gasteiger partial charge in [0.1, 0.15) is 5.75 Å². The number of benzene rings is 1. The maximum absolute atomic E-state index is 10.3. The molecule has 0 amide bonds. The summed E-state index contributed by atoms with van der Waals surface area (Å²) in [6, 6.07) is -0.463. The van der Waals surface area contributed by atoms with Crippen LogP contribution in [0.3, 0.4) is 0 Å². The van der Waals surface area contributed by atoms with Gasteiger partial charge in [0.05, 0.1) is 10.7 Å². The molecule has 0 bridgehead atoms. The van der Waals surface area contributed by atoms with Crippen LogP contribution in [0.5, 0.6) is 5.75 Å². The molecule has 1 aromatic carbocycles. The summed E-state index contributed by atoms with van der Waals surface area (Å²) < 4.78 is 28.2. The highest BCUT2D eigenvalue weighted by Gasteiger charge is 2.01. The van der Waals surface area contributed by atoms with Crippen molar-refractivity contribution in [3.8, 4) is 5.75 Å². The van der Waals surface area contributed by atoms with Gasteiger partial charge < -0.3 is 9.84 Å². The minimum Gasteiger partial charge on any atom is -0.493 e. The van der Waals surface area contributed by atoms with Crippen molar-refractivity contribution >= 4 is 17.6 Å². The van der Waals surface area contributed by atoms with E-state index in [-0.39, 0.29) is 41.9 Å². The first-order valence-electron chi connectivity index (χ1n) is 5.96. The number of aliphatic carboxylic acids is 1. The monoisotopic (exact) mass is 231 g/mol. The maximum atomic E-state index is 10.3. The third-order valence-electron chi connectivity index (χ3n) is 1.70. The van der Waals surface area contributed by atoms with Crippen molar-refractivity contribution in [2.24, 2.45) is 0 Å². The Labute approximate surface area is 97.8 Å². The fourth-order valence-corrected chi connectivity index (χ4v) is 1.19. The highest BCUT2D eigenvalue weighted by atomic mass is 35.5. The molecule has 0 aliphatic heterocycles. The first-order valence-corrected chi connectivity index (χ1v) is 4.84. The average molecular weight is 232 g/mol. The lowest BCUT2D eigenvalue weighted by atomic mass is 10.2. The smallest absolute Gasteiger partial charge is 0.303 e. The molecule has 0 heterocycles. The van der Waals surface area contributed by atoms with E-state index in [0.29, 0.717) is 12.0 Å². The number of carboxylic acid groups (broad SMARTS) is 1. The molecule has 0 aromatic heterocycles. The SMILES string of the molecule is [2H]c1c([2H])c(OCCCC(=O)O)c(C)c([2H])c1Cl. The molecule has 1 rings (SSSR count). The van der Waals surface area contributed by atoms with E-state index in [0.717, 1.165) is 0 Å². The predicted molar refractivity (Wildman–Crippen MR) is 58.6 cm³/mol. The van der Waals surface area contributed by atoms with Gasteiger partial charge in [0.25, 0.3) is 0 Å². The lowest BCUT2D eigenvalue weighted by molar-refractivity contribution is -0.137. The Morgan fingerprint density at radius 1 is 1.67 bits per heavy atom. The molecule has 0 spiro atoms. The summed E-state index contributed by atoms with van der Waals surface area (Å²) >= 11 is 5.73. The van der Waals surface area contributed by atoms with Crippen molar-refractivity contribution in [2.45, 2.75) is 19.8 Å². The van der Waals surface area contributed by atoms with Crippen LogP contribution in [0.4, 0.5) is 0 Å². The Bertz CT molecular complexity index is 448. The summed E-state index contributed by atoms with van der Waals surface area (Å²) in [7, 11) is 0. The van der Waals surface area contributed by atoms with Crippen molar-refractivity contribution in [1.82, 2.24) is 0 Å². The number of halogens is 1. The summed E-state index contributed by atoms with van der Waals surface area (Å²) in [6.45, 7) is 1.71. The van der Waals surface area contributed by atoms with E-state index in [1.807, 2.05) is 0 Å². The highest BCUT2D eigenvalue weighted by molar-refractivity contribution is 6.30. The molecule has 1 N–H and O–H groups in total. The maximum Gasteiger partial charge on any atom is 0.303 e. The molecule has 0 saturated carbocycles. The zero-order valence-electron chi connectivity index (χ0n) is 11.3. The minimum atomic E-state index is -0.917. The van der Waals surface area contributed by atoms with Crippen LogP contribution in [0.25, 0.3) is 0 Å². The molecular weight excluding hydrogens is 216 g/mol. The quantitative estimate of drug-likeness (QED) is 0.793. The van der Waals surface area contributed by atoms with Gasteiger partial charge in [-0.25, -0.2) is 0 Å². The van der Waals surface area contributed by atoms with Crippen LogP contribution in [0.15, 0.2) is 18.1 Å². The predicted octanol–water partition coefficient (Wildman–Crippen LogP) is 2.89. The van der Waals surface area contributed by atoms with Crippen LogP contribution < -0.4 is 4.74 Å². The largest absolute Gasteiger partial charge is 0.493 e. The van der Waals surface area contributed by atoms with E-state index in [1.165, 1.54) is 0 Å². The van der Waals surface area contributed by atoms with Gasteiger partial charge in [-0.3, -0.25) is 4.79 Å². The highest BCUT2D eigenvalue weighted by Crippen LogP contribution is 2.21. The van der Waals surface area contributed by atoms with E-state index < -0.39 is 5.97 Å². The number of ether oxygens (including phenoxy) is 1. The Kier molecular flexibility index (Phi) is 2.99. The molecule has 0 saturated heterocycles. The molecule has 3 nitrogen and oxygen atoms in total. The second-order valence-corrected chi connectivity index (χ2v) is 3.37. The van der Waals surface area contributed by atoms with Gasteiger partial charge in [-0.2, -0.15) is 0 Å². The van der Waals surface area contributed by atoms with Gasteiger partial charge in [-0.15, -0.1) is 0 Å². The van der Waals surface area contributed by atoms with E-state index >= 15 is 0 Å². The second-order valence-electron chi connectivity index (χ2n) is 2.99. The van der Waals surface area contributed by atoms with Gasteiger partial charge in [-0.05, 0) is 37.0 Å². The molecule has 15 heavy (non-hydrogen) atoms. The van der Waals surface area contributed by atoms with Crippen molar-refractivity contribution in [1.29, 1.82) is 0 Å². The number of hydrogen-bond acceptors (Lipinski definition) is 2. The van der Waals surface area contributed by atoms with E-state index in [1.54, 1.807) is 6.92 Å². The van der Waals surface area contributed by atoms with Crippen molar-refractivity contribution in [3.05, 3.63) is 28.7 Å². The zero-order valence-corrected chi connectivity index (χ0v) is 9.02. The topological polar surface area (TPSA) is 46.5 Å². The molecule has 0 unspecified atom stereocenters.